The van der Waals surface area contributed by atoms with E-state index in [9.17, 15) is 0 Å². The summed E-state index contributed by atoms with van der Waals surface area (Å²) in [4.78, 5) is 0. The Hall–Kier alpha value is -0.476. The van der Waals surface area contributed by atoms with Gasteiger partial charge in [-0.05, 0) is 0 Å². The Morgan fingerprint density at radius 2 is 1.18 bits per heavy atom. The molecule has 0 amide bonds. The molecule has 1 unspecified atom stereocenters. The van der Waals surface area contributed by atoms with Crippen LogP contribution in [0.3, 0.4) is 0 Å². The van der Waals surface area contributed by atoms with Gasteiger partial charge in [0.15, 0.2) is 0 Å². The van der Waals surface area contributed by atoms with Crippen LogP contribution in [0.25, 0.3) is 0 Å². The van der Waals surface area contributed by atoms with Gasteiger partial charge in [-0.2, -0.15) is 0 Å². The highest BCUT2D eigenvalue weighted by atomic mass is 30.0. The molecule has 22 heavy (non-hydrogen) atoms. The lowest BCUT2D eigenvalue weighted by atomic mass is 10.4. The molecule has 118 valence electrons. The van der Waals surface area contributed by atoms with E-state index in [1.807, 2.05) is 0 Å². The Kier molecular flexibility index (Phi) is 6.01. The van der Waals surface area contributed by atoms with Crippen molar-refractivity contribution in [2.75, 3.05) is 0 Å². The second-order valence-electron chi connectivity index (χ2n) is 7.65. The molecule has 2 aromatic carbocycles. The van der Waals surface area contributed by atoms with Gasteiger partial charge in [0.05, 0.1) is 15.2 Å². The first kappa shape index (κ1) is 17.9. The highest BCUT2D eigenvalue weighted by molar-refractivity contribution is 7.80. The van der Waals surface area contributed by atoms with Crippen molar-refractivity contribution >= 4 is 50.5 Å². The van der Waals surface area contributed by atoms with Crippen LogP contribution in [0.4, 0.5) is 0 Å². The lowest BCUT2D eigenvalue weighted by Gasteiger charge is -2.36. The van der Waals surface area contributed by atoms with Crippen LogP contribution in [0, 0.1) is 0 Å². The second kappa shape index (κ2) is 7.40. The average Bonchev–Trinajstić information content (AvgIpc) is 2.54. The normalized spacial score (nSPS) is 15.0. The molecule has 0 N–H and O–H groups in total. The number of rotatable bonds is 6. The van der Waals surface area contributed by atoms with Crippen LogP contribution in [0.5, 0.6) is 0 Å². The van der Waals surface area contributed by atoms with Crippen molar-refractivity contribution in [3.8, 4) is 0 Å². The first-order valence-corrected chi connectivity index (χ1v) is 26.6. The molecule has 0 saturated carbocycles. The van der Waals surface area contributed by atoms with Gasteiger partial charge in [0.1, 0.15) is 0 Å². The summed E-state index contributed by atoms with van der Waals surface area (Å²) < 4.78 is 0. The van der Waals surface area contributed by atoms with E-state index in [2.05, 4.69) is 93.4 Å². The maximum atomic E-state index is 2.69. The topological polar surface area (TPSA) is 0 Å². The predicted molar refractivity (Wildman–Crippen MR) is 117 cm³/mol. The summed E-state index contributed by atoms with van der Waals surface area (Å²) in [5.74, 6) is 0. The molecule has 0 saturated heterocycles. The highest BCUT2D eigenvalue weighted by Crippen LogP contribution is 2.12. The minimum absolute atomic E-state index is 0.108. The zero-order valence-corrected chi connectivity index (χ0v) is 20.7. The lowest BCUT2D eigenvalue weighted by molar-refractivity contribution is 1.73. The largest absolute Gasteiger partial charge is 0.0773 e. The van der Waals surface area contributed by atoms with E-state index in [-0.39, 0.29) is 17.6 Å². The molecular weight excluding hydrogens is 345 g/mol. The zero-order valence-electron chi connectivity index (χ0n) is 14.8. The summed E-state index contributed by atoms with van der Waals surface area (Å²) in [6.07, 6.45) is 0. The van der Waals surface area contributed by atoms with E-state index >= 15 is 0 Å². The molecule has 0 spiro atoms. The van der Waals surface area contributed by atoms with Gasteiger partial charge in [-0.25, -0.2) is 0 Å². The third kappa shape index (κ3) is 4.08. The van der Waals surface area contributed by atoms with Crippen LogP contribution in [0.15, 0.2) is 60.7 Å². The third-order valence-corrected chi connectivity index (χ3v) is 83.6. The number of hydrogen-bond acceptors (Lipinski definition) is 0. The fourth-order valence-electron chi connectivity index (χ4n) is 3.64. The molecule has 2 aromatic rings. The van der Waals surface area contributed by atoms with Crippen molar-refractivity contribution in [1.29, 1.82) is 0 Å². The van der Waals surface area contributed by atoms with Crippen molar-refractivity contribution in [3.63, 3.8) is 0 Å². The Morgan fingerprint density at radius 3 is 1.64 bits per heavy atom. The summed E-state index contributed by atoms with van der Waals surface area (Å²) in [5, 5.41) is 3.46. The van der Waals surface area contributed by atoms with Crippen LogP contribution >= 0.6 is 0 Å². The van der Waals surface area contributed by atoms with E-state index in [1.165, 1.54) is 0 Å². The molecule has 0 aliphatic carbocycles. The van der Waals surface area contributed by atoms with E-state index in [1.54, 1.807) is 10.4 Å². The molecular formula is C17H30Si5. The van der Waals surface area contributed by atoms with Crippen LogP contribution in [0.2, 0.25) is 32.7 Å². The minimum Gasteiger partial charge on any atom is -0.0773 e. The maximum absolute atomic E-state index is 2.69. The minimum atomic E-state index is -1.15. The first-order chi connectivity index (χ1) is 10.4. The second-order valence-corrected chi connectivity index (χ2v) is 52.3. The van der Waals surface area contributed by atoms with Gasteiger partial charge >= 0.3 is 0 Å². The third-order valence-electron chi connectivity index (χ3n) is 5.34. The van der Waals surface area contributed by atoms with Gasteiger partial charge in [0.25, 0.3) is 0 Å². The summed E-state index contributed by atoms with van der Waals surface area (Å²) >= 11 is 0. The molecule has 0 aliphatic heterocycles. The monoisotopic (exact) mass is 374 g/mol. The number of benzene rings is 2. The summed E-state index contributed by atoms with van der Waals surface area (Å²) in [6.45, 7) is 13.3. The molecule has 0 aliphatic rings. The van der Waals surface area contributed by atoms with Crippen LogP contribution in [0.1, 0.15) is 0 Å². The van der Waals surface area contributed by atoms with Crippen molar-refractivity contribution in [3.05, 3.63) is 60.7 Å². The Morgan fingerprint density at radius 1 is 0.727 bits per heavy atom. The lowest BCUT2D eigenvalue weighted by Crippen LogP contribution is -2.68. The zero-order chi connectivity index (χ0) is 16.2. The quantitative estimate of drug-likeness (QED) is 0.671. The SMILES string of the molecule is C[SiH2][SiH]([SiH2][Si](C)(C)c1ccccc1)[Si](C)(C)c1ccccc1. The molecule has 0 heterocycles. The summed E-state index contributed by atoms with van der Waals surface area (Å²) in [6, 6.07) is 23.1. The maximum Gasteiger partial charge on any atom is 0.0643 e. The smallest absolute Gasteiger partial charge is 0.0643 e. The van der Waals surface area contributed by atoms with E-state index in [4.69, 9.17) is 0 Å². The molecule has 0 bridgehead atoms. The molecule has 2 rings (SSSR count). The number of hydrogen-bond donors (Lipinski definition) is 0. The van der Waals surface area contributed by atoms with Gasteiger partial charge < -0.3 is 0 Å². The Labute approximate surface area is 143 Å². The first-order valence-electron chi connectivity index (χ1n) is 8.49. The van der Waals surface area contributed by atoms with Gasteiger partial charge in [-0.1, -0.05) is 104 Å². The van der Waals surface area contributed by atoms with Crippen molar-refractivity contribution in [1.82, 2.24) is 0 Å². The van der Waals surface area contributed by atoms with Gasteiger partial charge in [0, 0.05) is 24.9 Å². The van der Waals surface area contributed by atoms with Crippen LogP contribution in [-0.2, 0) is 0 Å². The van der Waals surface area contributed by atoms with Gasteiger partial charge in [0.2, 0.25) is 0 Å². The summed E-state index contributed by atoms with van der Waals surface area (Å²) in [7, 11) is -2.46. The van der Waals surface area contributed by atoms with Gasteiger partial charge in [-0.3, -0.25) is 0 Å². The van der Waals surface area contributed by atoms with E-state index < -0.39 is 22.5 Å². The molecule has 0 nitrogen and oxygen atoms in total. The van der Waals surface area contributed by atoms with Gasteiger partial charge in [-0.15, -0.1) is 0 Å². The van der Waals surface area contributed by atoms with Crippen molar-refractivity contribution in [2.45, 2.75) is 32.7 Å². The van der Waals surface area contributed by atoms with E-state index in [0.717, 1.165) is 0 Å². The Balaban J connectivity index is 2.25. The molecule has 0 fully saturated rings. The average molecular weight is 375 g/mol. The fraction of sp³-hybridized carbons (Fsp3) is 0.294. The molecule has 1 atom stereocenters. The standard InChI is InChI=1S/C17H30Si5/c1-18-20(22(4,5)17-14-10-7-11-15-17)19-21(2,3)16-12-8-6-9-13-16/h6-15,20H,18-19H2,1-5H3. The molecule has 0 aromatic heterocycles. The summed E-state index contributed by atoms with van der Waals surface area (Å²) in [5.41, 5.74) is 0. The van der Waals surface area contributed by atoms with E-state index in [0.29, 0.717) is 0 Å². The molecule has 5 heteroatoms. The van der Waals surface area contributed by atoms with Crippen LogP contribution in [-0.4, -0.2) is 40.1 Å². The Bertz CT molecular complexity index is 581. The fourth-order valence-corrected chi connectivity index (χ4v) is 111. The molecule has 0 radical (unpaired) electrons. The predicted octanol–water partition coefficient (Wildman–Crippen LogP) is 1.40. The van der Waals surface area contributed by atoms with Crippen LogP contribution < -0.4 is 10.4 Å². The highest BCUT2D eigenvalue weighted by Gasteiger charge is 2.38. The van der Waals surface area contributed by atoms with Crippen molar-refractivity contribution in [2.24, 2.45) is 0 Å². The van der Waals surface area contributed by atoms with Crippen molar-refractivity contribution < 1.29 is 0 Å².